The Bertz CT molecular complexity index is 1090. The summed E-state index contributed by atoms with van der Waals surface area (Å²) < 4.78 is 0. The highest BCUT2D eigenvalue weighted by Crippen LogP contribution is 2.36. The van der Waals surface area contributed by atoms with Crippen LogP contribution in [0.3, 0.4) is 0 Å². The Hall–Kier alpha value is -3.03. The fourth-order valence-electron chi connectivity index (χ4n) is 4.86. The van der Waals surface area contributed by atoms with Crippen molar-refractivity contribution < 1.29 is 9.59 Å². The number of aromatic nitrogens is 3. The van der Waals surface area contributed by atoms with Crippen molar-refractivity contribution in [3.8, 4) is 0 Å². The van der Waals surface area contributed by atoms with E-state index in [1.165, 1.54) is 0 Å². The number of fused-ring (bicyclic) bond motifs is 1. The molecule has 1 aliphatic carbocycles. The summed E-state index contributed by atoms with van der Waals surface area (Å²) in [4.78, 5) is 54.1. The molecule has 8 nitrogen and oxygen atoms in total. The average molecular weight is 422 g/mol. The molecule has 0 bridgehead atoms. The van der Waals surface area contributed by atoms with E-state index in [4.69, 9.17) is 4.98 Å². The number of amides is 2. The maximum absolute atomic E-state index is 13.0. The Morgan fingerprint density at radius 3 is 2.74 bits per heavy atom. The number of carbonyl (C=O) groups is 2. The van der Waals surface area contributed by atoms with E-state index in [2.05, 4.69) is 9.97 Å². The minimum Gasteiger partial charge on any atom is -0.334 e. The first kappa shape index (κ1) is 19.9. The number of hydrogen-bond donors (Lipinski definition) is 1. The van der Waals surface area contributed by atoms with Gasteiger partial charge in [-0.15, -0.1) is 0 Å². The van der Waals surface area contributed by atoms with E-state index in [0.29, 0.717) is 29.9 Å². The maximum atomic E-state index is 13.0. The van der Waals surface area contributed by atoms with Crippen molar-refractivity contribution in [3.05, 3.63) is 57.0 Å². The SMILES string of the molecule is Cc1cnccc1C(=O)N1CCc2nc([C@@H]3CCCN3C(=O)C3CCC3)[nH]c(=O)c2C1. The number of aryl methyl sites for hydroxylation is 1. The quantitative estimate of drug-likeness (QED) is 0.819. The van der Waals surface area contributed by atoms with Crippen LogP contribution in [0.2, 0.25) is 0 Å². The van der Waals surface area contributed by atoms with Gasteiger partial charge in [0.05, 0.1) is 23.8 Å². The van der Waals surface area contributed by atoms with Crippen molar-refractivity contribution in [1.82, 2.24) is 24.8 Å². The summed E-state index contributed by atoms with van der Waals surface area (Å²) in [5.41, 5.74) is 2.52. The molecule has 0 unspecified atom stereocenters. The molecule has 162 valence electrons. The summed E-state index contributed by atoms with van der Waals surface area (Å²) in [6, 6.07) is 1.57. The van der Waals surface area contributed by atoms with Crippen molar-refractivity contribution in [2.75, 3.05) is 13.1 Å². The lowest BCUT2D eigenvalue weighted by molar-refractivity contribution is -0.139. The van der Waals surface area contributed by atoms with E-state index in [1.807, 2.05) is 11.8 Å². The van der Waals surface area contributed by atoms with Gasteiger partial charge in [0.15, 0.2) is 0 Å². The van der Waals surface area contributed by atoms with Gasteiger partial charge in [0.25, 0.3) is 11.5 Å². The number of nitrogens with zero attached hydrogens (tertiary/aromatic N) is 4. The van der Waals surface area contributed by atoms with Crippen molar-refractivity contribution in [1.29, 1.82) is 0 Å². The maximum Gasteiger partial charge on any atom is 0.256 e. The highest BCUT2D eigenvalue weighted by molar-refractivity contribution is 5.95. The van der Waals surface area contributed by atoms with Crippen LogP contribution in [0.1, 0.15) is 71.1 Å². The number of pyridine rings is 1. The minimum absolute atomic E-state index is 0.0953. The van der Waals surface area contributed by atoms with Gasteiger partial charge in [-0.2, -0.15) is 0 Å². The van der Waals surface area contributed by atoms with Crippen molar-refractivity contribution in [3.63, 3.8) is 0 Å². The molecule has 4 heterocycles. The summed E-state index contributed by atoms with van der Waals surface area (Å²) in [6.07, 6.45) is 8.63. The zero-order valence-corrected chi connectivity index (χ0v) is 17.8. The summed E-state index contributed by atoms with van der Waals surface area (Å²) in [7, 11) is 0. The predicted octanol–water partition coefficient (Wildman–Crippen LogP) is 2.14. The first-order valence-electron chi connectivity index (χ1n) is 11.1. The second kappa shape index (κ2) is 7.90. The van der Waals surface area contributed by atoms with Crippen LogP contribution >= 0.6 is 0 Å². The van der Waals surface area contributed by atoms with Crippen molar-refractivity contribution >= 4 is 11.8 Å². The second-order valence-electron chi connectivity index (χ2n) is 8.86. The normalized spacial score (nSPS) is 21.0. The molecule has 1 saturated carbocycles. The van der Waals surface area contributed by atoms with Crippen LogP contribution in [0.25, 0.3) is 0 Å². The molecule has 2 aromatic heterocycles. The van der Waals surface area contributed by atoms with Crippen LogP contribution in [0, 0.1) is 12.8 Å². The number of carbonyl (C=O) groups excluding carboxylic acids is 2. The Morgan fingerprint density at radius 2 is 2.00 bits per heavy atom. The van der Waals surface area contributed by atoms with Gasteiger partial charge in [-0.3, -0.25) is 19.4 Å². The fourth-order valence-corrected chi connectivity index (χ4v) is 4.86. The minimum atomic E-state index is -0.202. The molecule has 8 heteroatoms. The smallest absolute Gasteiger partial charge is 0.256 e. The highest BCUT2D eigenvalue weighted by atomic mass is 16.2. The van der Waals surface area contributed by atoms with Gasteiger partial charge < -0.3 is 14.8 Å². The number of likely N-dealkylation sites (tertiary alicyclic amines) is 1. The molecule has 2 amide bonds. The molecule has 2 fully saturated rings. The van der Waals surface area contributed by atoms with Gasteiger partial charge in [-0.1, -0.05) is 6.42 Å². The summed E-state index contributed by atoms with van der Waals surface area (Å²) in [5.74, 6) is 0.848. The van der Waals surface area contributed by atoms with E-state index < -0.39 is 0 Å². The molecule has 5 rings (SSSR count). The molecule has 1 atom stereocenters. The fraction of sp³-hybridized carbons (Fsp3) is 0.522. The number of hydrogen-bond acceptors (Lipinski definition) is 5. The molecule has 2 aromatic rings. The molecule has 3 aliphatic rings. The molecule has 0 spiro atoms. The van der Waals surface area contributed by atoms with E-state index in [-0.39, 0.29) is 35.9 Å². The topological polar surface area (TPSA) is 99.3 Å². The van der Waals surface area contributed by atoms with E-state index in [0.717, 1.165) is 49.9 Å². The second-order valence-corrected chi connectivity index (χ2v) is 8.86. The van der Waals surface area contributed by atoms with Crippen molar-refractivity contribution in [2.45, 2.75) is 58.0 Å². The first-order chi connectivity index (χ1) is 15.0. The standard InChI is InChI=1S/C23H27N5O3/c1-14-12-24-9-7-16(14)23(31)27-11-8-18-17(13-27)21(29)26-20(25-18)19-6-3-10-28(19)22(30)15-4-2-5-15/h7,9,12,15,19H,2-6,8,10-11,13H2,1H3,(H,25,26,29)/t19-/m0/s1. The van der Waals surface area contributed by atoms with Crippen LogP contribution in [-0.4, -0.2) is 49.7 Å². The van der Waals surface area contributed by atoms with Crippen LogP contribution in [0.15, 0.2) is 23.3 Å². The zero-order chi connectivity index (χ0) is 21.5. The molecule has 1 saturated heterocycles. The van der Waals surface area contributed by atoms with Gasteiger partial charge in [-0.25, -0.2) is 4.98 Å². The van der Waals surface area contributed by atoms with E-state index in [1.54, 1.807) is 23.4 Å². The molecule has 0 aromatic carbocycles. The Balaban J connectivity index is 1.38. The lowest BCUT2D eigenvalue weighted by atomic mass is 9.84. The largest absolute Gasteiger partial charge is 0.334 e. The molecule has 2 aliphatic heterocycles. The van der Waals surface area contributed by atoms with Crippen molar-refractivity contribution in [2.24, 2.45) is 5.92 Å². The van der Waals surface area contributed by atoms with Gasteiger partial charge in [-0.05, 0) is 44.2 Å². The number of nitrogens with one attached hydrogen (secondary N) is 1. The number of rotatable bonds is 3. The summed E-state index contributed by atoms with van der Waals surface area (Å²) in [5, 5.41) is 0. The summed E-state index contributed by atoms with van der Waals surface area (Å²) >= 11 is 0. The zero-order valence-electron chi connectivity index (χ0n) is 17.8. The molecule has 31 heavy (non-hydrogen) atoms. The van der Waals surface area contributed by atoms with Gasteiger partial charge in [0.1, 0.15) is 5.82 Å². The molecular formula is C23H27N5O3. The molecule has 0 radical (unpaired) electrons. The van der Waals surface area contributed by atoms with E-state index in [9.17, 15) is 14.4 Å². The third-order valence-electron chi connectivity index (χ3n) is 6.93. The van der Waals surface area contributed by atoms with Gasteiger partial charge >= 0.3 is 0 Å². The monoisotopic (exact) mass is 421 g/mol. The third-order valence-corrected chi connectivity index (χ3v) is 6.93. The predicted molar refractivity (Wildman–Crippen MR) is 113 cm³/mol. The molecule has 1 N–H and O–H groups in total. The van der Waals surface area contributed by atoms with Gasteiger partial charge in [0, 0.05) is 43.4 Å². The third kappa shape index (κ3) is 3.54. The van der Waals surface area contributed by atoms with Crippen LogP contribution < -0.4 is 5.56 Å². The highest BCUT2D eigenvalue weighted by Gasteiger charge is 2.38. The Kier molecular flexibility index (Phi) is 5.08. The van der Waals surface area contributed by atoms with Crippen LogP contribution in [0.4, 0.5) is 0 Å². The first-order valence-corrected chi connectivity index (χ1v) is 11.1. The van der Waals surface area contributed by atoms with Gasteiger partial charge in [0.2, 0.25) is 5.91 Å². The Labute approximate surface area is 180 Å². The van der Waals surface area contributed by atoms with E-state index >= 15 is 0 Å². The average Bonchev–Trinajstić information content (AvgIpc) is 3.22. The number of aromatic amines is 1. The number of H-pyrrole nitrogens is 1. The van der Waals surface area contributed by atoms with Crippen LogP contribution in [0.5, 0.6) is 0 Å². The molecular weight excluding hydrogens is 394 g/mol. The Morgan fingerprint density at radius 1 is 1.16 bits per heavy atom. The summed E-state index contributed by atoms with van der Waals surface area (Å²) in [6.45, 7) is 3.35. The lowest BCUT2D eigenvalue weighted by Crippen LogP contribution is -2.42. The van der Waals surface area contributed by atoms with Crippen LogP contribution in [-0.2, 0) is 17.8 Å². The lowest BCUT2D eigenvalue weighted by Gasteiger charge is -2.33.